The van der Waals surface area contributed by atoms with Gasteiger partial charge in [0.2, 0.25) is 0 Å². The predicted molar refractivity (Wildman–Crippen MR) is 73.0 cm³/mol. The lowest BCUT2D eigenvalue weighted by atomic mass is 10.0. The van der Waals surface area contributed by atoms with Gasteiger partial charge >= 0.3 is 0 Å². The van der Waals surface area contributed by atoms with Crippen LogP contribution >= 0.6 is 0 Å². The van der Waals surface area contributed by atoms with Crippen molar-refractivity contribution in [2.24, 2.45) is 5.92 Å². The summed E-state index contributed by atoms with van der Waals surface area (Å²) in [5.41, 5.74) is 1.21. The SMILES string of the molecule is CCCC1CCN(Cc2ccc(O)c(OC)c2)C1. The van der Waals surface area contributed by atoms with Crippen LogP contribution in [-0.4, -0.2) is 30.2 Å². The number of benzene rings is 1. The summed E-state index contributed by atoms with van der Waals surface area (Å²) in [5, 5.41) is 9.57. The van der Waals surface area contributed by atoms with Crippen molar-refractivity contribution in [3.8, 4) is 11.5 Å². The van der Waals surface area contributed by atoms with Crippen molar-refractivity contribution in [2.45, 2.75) is 32.7 Å². The molecule has 1 aliphatic heterocycles. The van der Waals surface area contributed by atoms with Crippen molar-refractivity contribution in [3.63, 3.8) is 0 Å². The number of phenols is 1. The molecule has 0 aromatic heterocycles. The first kappa shape index (κ1) is 13.2. The second-order valence-corrected chi connectivity index (χ2v) is 5.18. The number of hydrogen-bond donors (Lipinski definition) is 1. The van der Waals surface area contributed by atoms with Crippen LogP contribution in [0.1, 0.15) is 31.7 Å². The van der Waals surface area contributed by atoms with Crippen LogP contribution in [0.3, 0.4) is 0 Å². The molecule has 0 amide bonds. The largest absolute Gasteiger partial charge is 0.504 e. The fourth-order valence-corrected chi connectivity index (χ4v) is 2.78. The van der Waals surface area contributed by atoms with Gasteiger partial charge in [0.25, 0.3) is 0 Å². The van der Waals surface area contributed by atoms with E-state index in [9.17, 15) is 5.11 Å². The van der Waals surface area contributed by atoms with Gasteiger partial charge in [-0.3, -0.25) is 4.90 Å². The quantitative estimate of drug-likeness (QED) is 0.870. The standard InChI is InChI=1S/C15H23NO2/c1-3-4-12-7-8-16(10-12)11-13-5-6-14(17)15(9-13)18-2/h5-6,9,12,17H,3-4,7-8,10-11H2,1-2H3. The smallest absolute Gasteiger partial charge is 0.160 e. The first-order valence-electron chi connectivity index (χ1n) is 6.81. The molecule has 0 radical (unpaired) electrons. The molecule has 1 aromatic rings. The highest BCUT2D eigenvalue weighted by molar-refractivity contribution is 5.41. The van der Waals surface area contributed by atoms with Gasteiger partial charge in [-0.05, 0) is 43.0 Å². The predicted octanol–water partition coefficient (Wildman–Crippen LogP) is 3.02. The van der Waals surface area contributed by atoms with E-state index in [1.165, 1.54) is 37.9 Å². The molecular weight excluding hydrogens is 226 g/mol. The Morgan fingerprint density at radius 1 is 1.44 bits per heavy atom. The van der Waals surface area contributed by atoms with Crippen LogP contribution in [0.15, 0.2) is 18.2 Å². The minimum absolute atomic E-state index is 0.214. The summed E-state index contributed by atoms with van der Waals surface area (Å²) in [4.78, 5) is 2.49. The fourth-order valence-electron chi connectivity index (χ4n) is 2.78. The first-order chi connectivity index (χ1) is 8.72. The van der Waals surface area contributed by atoms with Crippen molar-refractivity contribution < 1.29 is 9.84 Å². The zero-order valence-corrected chi connectivity index (χ0v) is 11.4. The minimum atomic E-state index is 0.214. The van der Waals surface area contributed by atoms with Crippen LogP contribution in [0, 0.1) is 5.92 Å². The average molecular weight is 249 g/mol. The van der Waals surface area contributed by atoms with E-state index in [0.29, 0.717) is 5.75 Å². The summed E-state index contributed by atoms with van der Waals surface area (Å²) in [6.07, 6.45) is 3.95. The maximum absolute atomic E-state index is 9.57. The topological polar surface area (TPSA) is 32.7 Å². The van der Waals surface area contributed by atoms with Gasteiger partial charge < -0.3 is 9.84 Å². The lowest BCUT2D eigenvalue weighted by Crippen LogP contribution is -2.20. The summed E-state index contributed by atoms with van der Waals surface area (Å²) in [5.74, 6) is 1.65. The van der Waals surface area contributed by atoms with E-state index < -0.39 is 0 Å². The maximum atomic E-state index is 9.57. The van der Waals surface area contributed by atoms with Crippen LogP contribution in [0.5, 0.6) is 11.5 Å². The Balaban J connectivity index is 1.94. The van der Waals surface area contributed by atoms with E-state index in [2.05, 4.69) is 11.8 Å². The van der Waals surface area contributed by atoms with E-state index in [-0.39, 0.29) is 5.75 Å². The molecule has 1 unspecified atom stereocenters. The van der Waals surface area contributed by atoms with Gasteiger partial charge in [-0.25, -0.2) is 0 Å². The van der Waals surface area contributed by atoms with Crippen LogP contribution in [0.4, 0.5) is 0 Å². The van der Waals surface area contributed by atoms with Gasteiger partial charge in [0, 0.05) is 13.1 Å². The third-order valence-electron chi connectivity index (χ3n) is 3.72. The number of hydrogen-bond acceptors (Lipinski definition) is 3. The van der Waals surface area contributed by atoms with Gasteiger partial charge in [-0.15, -0.1) is 0 Å². The van der Waals surface area contributed by atoms with Crippen molar-refractivity contribution in [1.82, 2.24) is 4.90 Å². The highest BCUT2D eigenvalue weighted by Gasteiger charge is 2.21. The zero-order valence-electron chi connectivity index (χ0n) is 11.4. The van der Waals surface area contributed by atoms with Crippen molar-refractivity contribution in [3.05, 3.63) is 23.8 Å². The third-order valence-corrected chi connectivity index (χ3v) is 3.72. The fraction of sp³-hybridized carbons (Fsp3) is 0.600. The molecular formula is C15H23NO2. The van der Waals surface area contributed by atoms with Crippen molar-refractivity contribution in [2.75, 3.05) is 20.2 Å². The van der Waals surface area contributed by atoms with Crippen LogP contribution in [0.25, 0.3) is 0 Å². The number of nitrogens with zero attached hydrogens (tertiary/aromatic N) is 1. The molecule has 0 saturated carbocycles. The third kappa shape index (κ3) is 3.16. The molecule has 1 aliphatic rings. The maximum Gasteiger partial charge on any atom is 0.160 e. The monoisotopic (exact) mass is 249 g/mol. The molecule has 1 saturated heterocycles. The molecule has 0 spiro atoms. The molecule has 0 aliphatic carbocycles. The van der Waals surface area contributed by atoms with E-state index in [4.69, 9.17) is 4.74 Å². The highest BCUT2D eigenvalue weighted by atomic mass is 16.5. The number of ether oxygens (including phenoxy) is 1. The van der Waals surface area contributed by atoms with E-state index >= 15 is 0 Å². The molecule has 1 fully saturated rings. The Hall–Kier alpha value is -1.22. The molecule has 100 valence electrons. The lowest BCUT2D eigenvalue weighted by molar-refractivity contribution is 0.311. The molecule has 1 heterocycles. The van der Waals surface area contributed by atoms with Crippen molar-refractivity contribution >= 4 is 0 Å². The zero-order chi connectivity index (χ0) is 13.0. The van der Waals surface area contributed by atoms with Crippen LogP contribution in [-0.2, 0) is 6.54 Å². The molecule has 2 rings (SSSR count). The Kier molecular flexibility index (Phi) is 4.48. The number of phenolic OH excluding ortho intramolecular Hbond substituents is 1. The number of likely N-dealkylation sites (tertiary alicyclic amines) is 1. The molecule has 3 nitrogen and oxygen atoms in total. The summed E-state index contributed by atoms with van der Waals surface area (Å²) < 4.78 is 5.14. The van der Waals surface area contributed by atoms with E-state index in [1.54, 1.807) is 13.2 Å². The summed E-state index contributed by atoms with van der Waals surface area (Å²) in [7, 11) is 1.59. The molecule has 1 atom stereocenters. The second kappa shape index (κ2) is 6.10. The number of aromatic hydroxyl groups is 1. The minimum Gasteiger partial charge on any atom is -0.504 e. The Morgan fingerprint density at radius 2 is 2.28 bits per heavy atom. The summed E-state index contributed by atoms with van der Waals surface area (Å²) >= 11 is 0. The molecule has 1 aromatic carbocycles. The first-order valence-corrected chi connectivity index (χ1v) is 6.81. The highest BCUT2D eigenvalue weighted by Crippen LogP contribution is 2.28. The summed E-state index contributed by atoms with van der Waals surface area (Å²) in [6.45, 7) is 5.61. The number of methoxy groups -OCH3 is 1. The van der Waals surface area contributed by atoms with Gasteiger partial charge in [0.05, 0.1) is 7.11 Å². The van der Waals surface area contributed by atoms with Crippen LogP contribution < -0.4 is 4.74 Å². The van der Waals surface area contributed by atoms with E-state index in [1.807, 2.05) is 12.1 Å². The normalized spacial score (nSPS) is 20.2. The van der Waals surface area contributed by atoms with Gasteiger partial charge in [-0.1, -0.05) is 19.4 Å². The van der Waals surface area contributed by atoms with Gasteiger partial charge in [-0.2, -0.15) is 0 Å². The Morgan fingerprint density at radius 3 is 3.00 bits per heavy atom. The van der Waals surface area contributed by atoms with Crippen molar-refractivity contribution in [1.29, 1.82) is 0 Å². The average Bonchev–Trinajstić information content (AvgIpc) is 2.80. The molecule has 0 bridgehead atoms. The second-order valence-electron chi connectivity index (χ2n) is 5.18. The Labute approximate surface area is 109 Å². The van der Waals surface area contributed by atoms with E-state index in [0.717, 1.165) is 12.5 Å². The molecule has 18 heavy (non-hydrogen) atoms. The van der Waals surface area contributed by atoms with Crippen LogP contribution in [0.2, 0.25) is 0 Å². The van der Waals surface area contributed by atoms with Gasteiger partial charge in [0.1, 0.15) is 0 Å². The molecule has 3 heteroatoms. The molecule has 1 N–H and O–H groups in total. The number of rotatable bonds is 5. The summed E-state index contributed by atoms with van der Waals surface area (Å²) in [6, 6.07) is 5.63. The lowest BCUT2D eigenvalue weighted by Gasteiger charge is -2.16. The van der Waals surface area contributed by atoms with Gasteiger partial charge in [0.15, 0.2) is 11.5 Å². The Bertz CT molecular complexity index is 392.